The molecule has 2 aromatic rings. The molecule has 0 aliphatic carbocycles. The molecule has 1 aromatic carbocycles. The van der Waals surface area contributed by atoms with Crippen LogP contribution in [0.4, 0.5) is 5.69 Å². The lowest BCUT2D eigenvalue weighted by Crippen LogP contribution is -2.18. The third kappa shape index (κ3) is 2.89. The van der Waals surface area contributed by atoms with Crippen LogP contribution in [0.25, 0.3) is 0 Å². The highest BCUT2D eigenvalue weighted by molar-refractivity contribution is 5.94. The number of nitrogens with one attached hydrogen (secondary N) is 1. The molecule has 6 heteroatoms. The van der Waals surface area contributed by atoms with Crippen molar-refractivity contribution in [3.05, 3.63) is 47.4 Å². The van der Waals surface area contributed by atoms with Gasteiger partial charge in [0.25, 0.3) is 0 Å². The molecule has 2 N–H and O–H groups in total. The second kappa shape index (κ2) is 5.32. The van der Waals surface area contributed by atoms with E-state index in [2.05, 4.69) is 5.32 Å². The first-order chi connectivity index (χ1) is 10.1. The van der Waals surface area contributed by atoms with Crippen LogP contribution in [0, 0.1) is 0 Å². The maximum absolute atomic E-state index is 11.3. The zero-order valence-corrected chi connectivity index (χ0v) is 11.1. The van der Waals surface area contributed by atoms with Crippen molar-refractivity contribution in [3.63, 3.8) is 0 Å². The molecule has 0 atom stereocenters. The number of carboxylic acid groups (broad SMARTS) is 1. The van der Waals surface area contributed by atoms with Gasteiger partial charge in [-0.1, -0.05) is 0 Å². The highest BCUT2D eigenvalue weighted by Crippen LogP contribution is 2.27. The second-order valence-electron chi connectivity index (χ2n) is 4.73. The molecule has 1 aliphatic rings. The van der Waals surface area contributed by atoms with Gasteiger partial charge in [-0.05, 0) is 42.3 Å². The number of carbonyl (C=O) groups excluding carboxylic acids is 1. The molecular weight excluding hydrogens is 274 g/mol. The Morgan fingerprint density at radius 3 is 2.90 bits per heavy atom. The zero-order chi connectivity index (χ0) is 14.8. The fourth-order valence-electron chi connectivity index (χ4n) is 2.17. The number of benzene rings is 1. The number of rotatable bonds is 4. The first kappa shape index (κ1) is 13.2. The van der Waals surface area contributed by atoms with Crippen molar-refractivity contribution in [1.82, 2.24) is 0 Å². The number of aryl methyl sites for hydroxylation is 1. The van der Waals surface area contributed by atoms with Crippen LogP contribution >= 0.6 is 0 Å². The molecular formula is C15H13NO5. The predicted molar refractivity (Wildman–Crippen MR) is 73.4 cm³/mol. The van der Waals surface area contributed by atoms with Crippen LogP contribution in [-0.4, -0.2) is 17.0 Å². The molecule has 1 amide bonds. The highest BCUT2D eigenvalue weighted by Gasteiger charge is 2.15. The summed E-state index contributed by atoms with van der Waals surface area (Å²) >= 11 is 0. The van der Waals surface area contributed by atoms with Crippen molar-refractivity contribution in [2.45, 2.75) is 19.4 Å². The van der Waals surface area contributed by atoms with Crippen LogP contribution in [0.3, 0.4) is 0 Å². The van der Waals surface area contributed by atoms with Gasteiger partial charge in [0, 0.05) is 12.1 Å². The van der Waals surface area contributed by atoms with Crippen molar-refractivity contribution >= 4 is 17.6 Å². The van der Waals surface area contributed by atoms with Crippen molar-refractivity contribution < 1.29 is 23.8 Å². The van der Waals surface area contributed by atoms with Gasteiger partial charge in [-0.3, -0.25) is 4.79 Å². The van der Waals surface area contributed by atoms with E-state index < -0.39 is 5.97 Å². The van der Waals surface area contributed by atoms with E-state index in [1.165, 1.54) is 6.07 Å². The van der Waals surface area contributed by atoms with E-state index >= 15 is 0 Å². The molecule has 108 valence electrons. The number of furan rings is 1. The summed E-state index contributed by atoms with van der Waals surface area (Å²) in [6.45, 7) is 0.151. The molecule has 2 heterocycles. The Morgan fingerprint density at radius 2 is 2.14 bits per heavy atom. The summed E-state index contributed by atoms with van der Waals surface area (Å²) in [5, 5.41) is 11.6. The van der Waals surface area contributed by atoms with E-state index in [1.54, 1.807) is 18.2 Å². The number of aromatic carboxylic acids is 1. The second-order valence-corrected chi connectivity index (χ2v) is 4.73. The summed E-state index contributed by atoms with van der Waals surface area (Å²) in [6, 6.07) is 8.39. The van der Waals surface area contributed by atoms with Gasteiger partial charge < -0.3 is 19.6 Å². The summed E-state index contributed by atoms with van der Waals surface area (Å²) in [5.74, 6) is -0.0999. The van der Waals surface area contributed by atoms with E-state index in [9.17, 15) is 9.59 Å². The van der Waals surface area contributed by atoms with Crippen LogP contribution in [0.15, 0.2) is 34.7 Å². The maximum Gasteiger partial charge on any atom is 0.371 e. The van der Waals surface area contributed by atoms with Crippen molar-refractivity contribution in [3.8, 4) is 5.75 Å². The number of hydrogen-bond acceptors (Lipinski definition) is 4. The molecule has 0 radical (unpaired) electrons. The van der Waals surface area contributed by atoms with E-state index in [1.807, 2.05) is 6.07 Å². The number of amides is 1. The fraction of sp³-hybridized carbons (Fsp3) is 0.200. The fourth-order valence-corrected chi connectivity index (χ4v) is 2.17. The largest absolute Gasteiger partial charge is 0.486 e. The van der Waals surface area contributed by atoms with Crippen LogP contribution < -0.4 is 10.1 Å². The minimum absolute atomic E-state index is 0.0213. The van der Waals surface area contributed by atoms with Gasteiger partial charge in [-0.2, -0.15) is 0 Å². The highest BCUT2D eigenvalue weighted by atomic mass is 16.5. The van der Waals surface area contributed by atoms with Gasteiger partial charge >= 0.3 is 5.97 Å². The van der Waals surface area contributed by atoms with Crippen molar-refractivity contribution in [1.29, 1.82) is 0 Å². The molecule has 0 unspecified atom stereocenters. The third-order valence-electron chi connectivity index (χ3n) is 3.23. The smallest absolute Gasteiger partial charge is 0.371 e. The molecule has 3 rings (SSSR count). The topological polar surface area (TPSA) is 88.8 Å². The summed E-state index contributed by atoms with van der Waals surface area (Å²) in [5.41, 5.74) is 1.84. The Balaban J connectivity index is 1.68. The van der Waals surface area contributed by atoms with Gasteiger partial charge in [0.05, 0.1) is 0 Å². The van der Waals surface area contributed by atoms with Gasteiger partial charge in [-0.25, -0.2) is 4.79 Å². The lowest BCUT2D eigenvalue weighted by molar-refractivity contribution is -0.116. The summed E-state index contributed by atoms with van der Waals surface area (Å²) in [6.07, 6.45) is 1.15. The Bertz CT molecular complexity index is 704. The van der Waals surface area contributed by atoms with E-state index in [4.69, 9.17) is 14.3 Å². The standard InChI is InChI=1S/C15H13NO5/c17-14-6-1-9-7-10(2-4-12(9)16-14)20-8-11-3-5-13(21-11)15(18)19/h2-5,7H,1,6,8H2,(H,16,17)(H,18,19). The average Bonchev–Trinajstić information content (AvgIpc) is 2.94. The first-order valence-electron chi connectivity index (χ1n) is 6.49. The van der Waals surface area contributed by atoms with E-state index in [0.29, 0.717) is 24.4 Å². The van der Waals surface area contributed by atoms with Crippen molar-refractivity contribution in [2.24, 2.45) is 0 Å². The van der Waals surface area contributed by atoms with Crippen molar-refractivity contribution in [2.75, 3.05) is 5.32 Å². The molecule has 0 bridgehead atoms. The normalized spacial score (nSPS) is 13.4. The first-order valence-corrected chi connectivity index (χ1v) is 6.49. The van der Waals surface area contributed by atoms with E-state index in [-0.39, 0.29) is 18.3 Å². The summed E-state index contributed by atoms with van der Waals surface area (Å²) in [4.78, 5) is 22.0. The monoisotopic (exact) mass is 287 g/mol. The molecule has 0 saturated heterocycles. The van der Waals surface area contributed by atoms with Gasteiger partial charge in [0.2, 0.25) is 11.7 Å². The van der Waals surface area contributed by atoms with Crippen LogP contribution in [0.1, 0.15) is 28.3 Å². The lowest BCUT2D eigenvalue weighted by Gasteiger charge is -2.17. The molecule has 6 nitrogen and oxygen atoms in total. The Kier molecular flexibility index (Phi) is 3.35. The number of anilines is 1. The van der Waals surface area contributed by atoms with E-state index in [0.717, 1.165) is 11.3 Å². The van der Waals surface area contributed by atoms with Gasteiger partial charge in [-0.15, -0.1) is 0 Å². The number of fused-ring (bicyclic) bond motifs is 1. The molecule has 0 saturated carbocycles. The van der Waals surface area contributed by atoms with Crippen LogP contribution in [0.5, 0.6) is 5.75 Å². The quantitative estimate of drug-likeness (QED) is 0.901. The third-order valence-corrected chi connectivity index (χ3v) is 3.23. The Labute approximate surface area is 120 Å². The SMILES string of the molecule is O=C1CCc2cc(OCc3ccc(C(=O)O)o3)ccc2N1. The Morgan fingerprint density at radius 1 is 1.29 bits per heavy atom. The maximum atomic E-state index is 11.3. The minimum atomic E-state index is -1.11. The minimum Gasteiger partial charge on any atom is -0.486 e. The molecule has 0 fully saturated rings. The molecule has 1 aromatic heterocycles. The summed E-state index contributed by atoms with van der Waals surface area (Å²) < 4.78 is 10.7. The van der Waals surface area contributed by atoms with Crippen LogP contribution in [0.2, 0.25) is 0 Å². The lowest BCUT2D eigenvalue weighted by atomic mass is 10.0. The predicted octanol–water partition coefficient (Wildman–Crippen LogP) is 2.44. The van der Waals surface area contributed by atoms with Gasteiger partial charge in [0.1, 0.15) is 18.1 Å². The van der Waals surface area contributed by atoms with Crippen LogP contribution in [-0.2, 0) is 17.8 Å². The number of carbonyl (C=O) groups is 2. The molecule has 21 heavy (non-hydrogen) atoms. The number of ether oxygens (including phenoxy) is 1. The summed E-state index contributed by atoms with van der Waals surface area (Å²) in [7, 11) is 0. The Hall–Kier alpha value is -2.76. The average molecular weight is 287 g/mol. The number of carboxylic acids is 1. The number of hydrogen-bond donors (Lipinski definition) is 2. The van der Waals surface area contributed by atoms with Gasteiger partial charge in [0.15, 0.2) is 0 Å². The molecule has 0 spiro atoms. The molecule has 1 aliphatic heterocycles. The zero-order valence-electron chi connectivity index (χ0n) is 11.1.